The van der Waals surface area contributed by atoms with Gasteiger partial charge in [0.15, 0.2) is 5.78 Å². The maximum absolute atomic E-state index is 12.6. The first-order chi connectivity index (χ1) is 10.2. The lowest BCUT2D eigenvalue weighted by Crippen LogP contribution is -2.14. The molecule has 0 aromatic heterocycles. The summed E-state index contributed by atoms with van der Waals surface area (Å²) >= 11 is 0. The molecule has 1 aliphatic rings. The van der Waals surface area contributed by atoms with Crippen LogP contribution < -0.4 is 4.74 Å². The maximum atomic E-state index is 12.6. The predicted octanol–water partition coefficient (Wildman–Crippen LogP) is 4.22. The van der Waals surface area contributed by atoms with Crippen LogP contribution in [0.15, 0.2) is 48.0 Å². The van der Waals surface area contributed by atoms with E-state index >= 15 is 0 Å². The molecule has 0 fully saturated rings. The zero-order valence-corrected chi connectivity index (χ0v) is 12.3. The number of ketones is 1. The number of benzene rings is 2. The first-order valence-electron chi connectivity index (χ1n) is 7.16. The fraction of sp³-hybridized carbons (Fsp3) is 0.211. The number of carbonyl (C=O) groups excluding carboxylic acids is 1. The van der Waals surface area contributed by atoms with Crippen molar-refractivity contribution in [1.82, 2.24) is 0 Å². The molecule has 3 rings (SSSR count). The highest BCUT2D eigenvalue weighted by molar-refractivity contribution is 6.13. The van der Waals surface area contributed by atoms with Gasteiger partial charge in [-0.1, -0.05) is 29.8 Å². The summed E-state index contributed by atoms with van der Waals surface area (Å²) in [5.41, 5.74) is 5.08. The van der Waals surface area contributed by atoms with Crippen molar-refractivity contribution in [2.45, 2.75) is 19.8 Å². The van der Waals surface area contributed by atoms with Crippen LogP contribution in [0.3, 0.4) is 0 Å². The number of hydrogen-bond donors (Lipinski definition) is 0. The minimum atomic E-state index is 0.139. The Bertz CT molecular complexity index is 726. The zero-order chi connectivity index (χ0) is 14.8. The van der Waals surface area contributed by atoms with E-state index < -0.39 is 0 Å². The van der Waals surface area contributed by atoms with Crippen molar-refractivity contribution in [3.8, 4) is 5.75 Å². The van der Waals surface area contributed by atoms with Crippen LogP contribution >= 0.6 is 0 Å². The van der Waals surface area contributed by atoms with Crippen LogP contribution in [0, 0.1) is 6.92 Å². The van der Waals surface area contributed by atoms with Crippen molar-refractivity contribution in [2.24, 2.45) is 0 Å². The van der Waals surface area contributed by atoms with E-state index in [9.17, 15) is 4.79 Å². The number of Topliss-reactive ketones (excluding diaryl/α,β-unsaturated/α-hetero) is 1. The van der Waals surface area contributed by atoms with Gasteiger partial charge in [-0.2, -0.15) is 0 Å². The van der Waals surface area contributed by atoms with E-state index in [1.54, 1.807) is 7.11 Å². The molecule has 2 nitrogen and oxygen atoms in total. The molecule has 0 aliphatic heterocycles. The highest BCUT2D eigenvalue weighted by atomic mass is 16.5. The quantitative estimate of drug-likeness (QED) is 0.769. The zero-order valence-electron chi connectivity index (χ0n) is 12.3. The lowest BCUT2D eigenvalue weighted by Gasteiger charge is -2.18. The van der Waals surface area contributed by atoms with Crippen molar-refractivity contribution >= 4 is 11.9 Å². The van der Waals surface area contributed by atoms with Gasteiger partial charge in [0.05, 0.1) is 7.11 Å². The van der Waals surface area contributed by atoms with Gasteiger partial charge in [-0.15, -0.1) is 0 Å². The number of aryl methyl sites for hydroxylation is 2. The molecule has 21 heavy (non-hydrogen) atoms. The third-order valence-electron chi connectivity index (χ3n) is 3.90. The molecule has 0 N–H and O–H groups in total. The second-order valence-corrected chi connectivity index (χ2v) is 5.44. The summed E-state index contributed by atoms with van der Waals surface area (Å²) in [6.07, 6.45) is 3.69. The average Bonchev–Trinajstić information content (AvgIpc) is 2.50. The smallest absolute Gasteiger partial charge is 0.189 e. The molecule has 106 valence electrons. The number of carbonyl (C=O) groups is 1. The molecule has 0 atom stereocenters. The monoisotopic (exact) mass is 278 g/mol. The number of allylic oxidation sites excluding steroid dienone is 1. The Morgan fingerprint density at radius 1 is 1.10 bits per heavy atom. The molecule has 0 heterocycles. The SMILES string of the molecule is COc1ccc2c(c1)CC/C(=C/c1cccc(C)c1)C2=O. The summed E-state index contributed by atoms with van der Waals surface area (Å²) in [6, 6.07) is 13.9. The minimum absolute atomic E-state index is 0.139. The van der Waals surface area contributed by atoms with E-state index in [0.29, 0.717) is 0 Å². The van der Waals surface area contributed by atoms with Crippen LogP contribution in [0.25, 0.3) is 6.08 Å². The van der Waals surface area contributed by atoms with Gasteiger partial charge in [-0.25, -0.2) is 0 Å². The van der Waals surface area contributed by atoms with Crippen LogP contribution in [-0.2, 0) is 6.42 Å². The largest absolute Gasteiger partial charge is 0.497 e. The Hall–Kier alpha value is -2.35. The topological polar surface area (TPSA) is 26.3 Å². The summed E-state index contributed by atoms with van der Waals surface area (Å²) in [5, 5.41) is 0. The predicted molar refractivity (Wildman–Crippen MR) is 84.8 cm³/mol. The van der Waals surface area contributed by atoms with Crippen LogP contribution in [-0.4, -0.2) is 12.9 Å². The molecule has 0 radical (unpaired) electrons. The molecule has 2 heteroatoms. The molecular formula is C19H18O2. The van der Waals surface area contributed by atoms with Crippen molar-refractivity contribution in [2.75, 3.05) is 7.11 Å². The molecule has 0 unspecified atom stereocenters. The summed E-state index contributed by atoms with van der Waals surface area (Å²) in [7, 11) is 1.65. The second kappa shape index (κ2) is 5.57. The van der Waals surface area contributed by atoms with Gasteiger partial charge < -0.3 is 4.74 Å². The maximum Gasteiger partial charge on any atom is 0.189 e. The first-order valence-corrected chi connectivity index (χ1v) is 7.16. The van der Waals surface area contributed by atoms with Crippen molar-refractivity contribution in [1.29, 1.82) is 0 Å². The minimum Gasteiger partial charge on any atom is -0.497 e. The van der Waals surface area contributed by atoms with E-state index in [-0.39, 0.29) is 5.78 Å². The number of rotatable bonds is 2. The fourth-order valence-corrected chi connectivity index (χ4v) is 2.78. The van der Waals surface area contributed by atoms with E-state index in [1.165, 1.54) is 5.56 Å². The van der Waals surface area contributed by atoms with Crippen LogP contribution in [0.2, 0.25) is 0 Å². The Kier molecular flexibility index (Phi) is 3.61. The number of ether oxygens (including phenoxy) is 1. The summed E-state index contributed by atoms with van der Waals surface area (Å²) in [4.78, 5) is 12.6. The van der Waals surface area contributed by atoms with Crippen LogP contribution in [0.1, 0.15) is 33.5 Å². The molecule has 0 saturated carbocycles. The molecule has 0 amide bonds. The van der Waals surface area contributed by atoms with Crippen molar-refractivity contribution in [3.63, 3.8) is 0 Å². The van der Waals surface area contributed by atoms with Crippen molar-refractivity contribution in [3.05, 3.63) is 70.3 Å². The standard InChI is InChI=1S/C19H18O2/c1-13-4-3-5-14(10-13)11-16-7-6-15-12-17(21-2)8-9-18(15)19(16)20/h3-5,8-12H,6-7H2,1-2H3/b16-11-. The number of fused-ring (bicyclic) bond motifs is 1. The molecule has 0 saturated heterocycles. The normalized spacial score (nSPS) is 15.9. The van der Waals surface area contributed by atoms with E-state index in [4.69, 9.17) is 4.74 Å². The van der Waals surface area contributed by atoms with Gasteiger partial charge in [-0.3, -0.25) is 4.79 Å². The van der Waals surface area contributed by atoms with E-state index in [2.05, 4.69) is 19.1 Å². The van der Waals surface area contributed by atoms with Crippen molar-refractivity contribution < 1.29 is 9.53 Å². The van der Waals surface area contributed by atoms with Gasteiger partial charge in [-0.05, 0) is 55.2 Å². The highest BCUT2D eigenvalue weighted by Crippen LogP contribution is 2.29. The lowest BCUT2D eigenvalue weighted by molar-refractivity contribution is 0.102. The highest BCUT2D eigenvalue weighted by Gasteiger charge is 2.22. The Morgan fingerprint density at radius 2 is 1.95 bits per heavy atom. The summed E-state index contributed by atoms with van der Waals surface area (Å²) in [6.45, 7) is 2.06. The molecule has 2 aromatic carbocycles. The van der Waals surface area contributed by atoms with Crippen LogP contribution in [0.4, 0.5) is 0 Å². The average molecular weight is 278 g/mol. The molecule has 1 aliphatic carbocycles. The van der Waals surface area contributed by atoms with Gasteiger partial charge in [0.25, 0.3) is 0 Å². The van der Waals surface area contributed by atoms with E-state index in [1.807, 2.05) is 36.4 Å². The van der Waals surface area contributed by atoms with E-state index in [0.717, 1.165) is 40.9 Å². The van der Waals surface area contributed by atoms with Gasteiger partial charge in [0, 0.05) is 11.1 Å². The van der Waals surface area contributed by atoms with Gasteiger partial charge >= 0.3 is 0 Å². The summed E-state index contributed by atoms with van der Waals surface area (Å²) < 4.78 is 5.23. The third-order valence-corrected chi connectivity index (χ3v) is 3.90. The number of methoxy groups -OCH3 is 1. The fourth-order valence-electron chi connectivity index (χ4n) is 2.78. The molecule has 0 bridgehead atoms. The number of hydrogen-bond acceptors (Lipinski definition) is 2. The Morgan fingerprint density at radius 3 is 2.71 bits per heavy atom. The molecule has 0 spiro atoms. The Balaban J connectivity index is 1.95. The molecular weight excluding hydrogens is 260 g/mol. The summed E-state index contributed by atoms with van der Waals surface area (Å²) in [5.74, 6) is 0.952. The second-order valence-electron chi connectivity index (χ2n) is 5.44. The van der Waals surface area contributed by atoms with Crippen LogP contribution in [0.5, 0.6) is 5.75 Å². The van der Waals surface area contributed by atoms with Gasteiger partial charge in [0.1, 0.15) is 5.75 Å². The third kappa shape index (κ3) is 2.75. The lowest BCUT2D eigenvalue weighted by atomic mass is 9.86. The molecule has 2 aromatic rings. The van der Waals surface area contributed by atoms with Gasteiger partial charge in [0.2, 0.25) is 0 Å². The first kappa shape index (κ1) is 13.6. The Labute approximate surface area is 125 Å².